The number of aromatic carboxylic acids is 1. The van der Waals surface area contributed by atoms with Gasteiger partial charge in [0, 0.05) is 31.1 Å². The molecule has 1 fully saturated rings. The van der Waals surface area contributed by atoms with Gasteiger partial charge in [-0.2, -0.15) is 0 Å². The molecule has 7 heteroatoms. The first kappa shape index (κ1) is 19.5. The van der Waals surface area contributed by atoms with Crippen molar-refractivity contribution in [3.8, 4) is 0 Å². The van der Waals surface area contributed by atoms with Crippen molar-refractivity contribution in [3.05, 3.63) is 51.5 Å². The fraction of sp³-hybridized carbons (Fsp3) is 0.450. The average Bonchev–Trinajstić information content (AvgIpc) is 3.25. The van der Waals surface area contributed by atoms with Gasteiger partial charge in [-0.1, -0.05) is 12.1 Å². The van der Waals surface area contributed by atoms with E-state index in [1.165, 1.54) is 4.88 Å². The van der Waals surface area contributed by atoms with E-state index in [1.807, 2.05) is 23.4 Å². The summed E-state index contributed by atoms with van der Waals surface area (Å²) in [6.07, 6.45) is 1.26. The van der Waals surface area contributed by atoms with Crippen molar-refractivity contribution < 1.29 is 14.7 Å². The molecule has 1 aromatic heterocycles. The van der Waals surface area contributed by atoms with Gasteiger partial charge in [-0.05, 0) is 44.0 Å². The largest absolute Gasteiger partial charge is 0.478 e. The maximum atomic E-state index is 12.6. The standard InChI is InChI=1S/C20H25N3O3S/c1-14-18(27-13-21-14)12-22(2)10-16-6-7-23(11-16)19(24)9-15-4-3-5-17(8-15)20(25)26/h3-5,8,13,16H,6-7,9-12H2,1-2H3,(H,25,26). The van der Waals surface area contributed by atoms with Gasteiger partial charge in [0.15, 0.2) is 0 Å². The van der Waals surface area contributed by atoms with Crippen LogP contribution in [0.2, 0.25) is 0 Å². The van der Waals surface area contributed by atoms with Crippen molar-refractivity contribution in [2.45, 2.75) is 26.3 Å². The molecule has 1 amide bonds. The van der Waals surface area contributed by atoms with Gasteiger partial charge in [-0.15, -0.1) is 11.3 Å². The molecule has 27 heavy (non-hydrogen) atoms. The normalized spacial score (nSPS) is 16.9. The van der Waals surface area contributed by atoms with Crippen molar-refractivity contribution in [1.82, 2.24) is 14.8 Å². The molecule has 1 atom stereocenters. The number of aromatic nitrogens is 1. The second-order valence-corrected chi connectivity index (χ2v) is 8.17. The number of amides is 1. The SMILES string of the molecule is Cc1ncsc1CN(C)CC1CCN(C(=O)Cc2cccc(C(=O)O)c2)C1. The number of carboxylic acids is 1. The molecule has 0 radical (unpaired) electrons. The molecule has 1 aromatic carbocycles. The highest BCUT2D eigenvalue weighted by Crippen LogP contribution is 2.21. The zero-order valence-electron chi connectivity index (χ0n) is 15.7. The minimum Gasteiger partial charge on any atom is -0.478 e. The smallest absolute Gasteiger partial charge is 0.335 e. The lowest BCUT2D eigenvalue weighted by Crippen LogP contribution is -2.32. The molecule has 0 spiro atoms. The Morgan fingerprint density at radius 1 is 1.41 bits per heavy atom. The third-order valence-corrected chi connectivity index (χ3v) is 5.92. The molecule has 0 aliphatic carbocycles. The molecule has 1 aliphatic rings. The van der Waals surface area contributed by atoms with E-state index in [1.54, 1.807) is 29.5 Å². The highest BCUT2D eigenvalue weighted by molar-refractivity contribution is 7.09. The number of carbonyl (C=O) groups is 2. The second-order valence-electron chi connectivity index (χ2n) is 7.23. The number of aryl methyl sites for hydroxylation is 1. The van der Waals surface area contributed by atoms with Crippen molar-refractivity contribution in [2.75, 3.05) is 26.7 Å². The van der Waals surface area contributed by atoms with Crippen molar-refractivity contribution in [1.29, 1.82) is 0 Å². The van der Waals surface area contributed by atoms with Crippen LogP contribution in [0.3, 0.4) is 0 Å². The predicted molar refractivity (Wildman–Crippen MR) is 105 cm³/mol. The van der Waals surface area contributed by atoms with E-state index in [2.05, 4.69) is 16.9 Å². The lowest BCUT2D eigenvalue weighted by Gasteiger charge is -2.21. The van der Waals surface area contributed by atoms with Crippen LogP contribution in [0.5, 0.6) is 0 Å². The van der Waals surface area contributed by atoms with Crippen molar-refractivity contribution in [3.63, 3.8) is 0 Å². The average molecular weight is 388 g/mol. The number of likely N-dealkylation sites (tertiary alicyclic amines) is 1. The number of hydrogen-bond donors (Lipinski definition) is 1. The molecule has 0 bridgehead atoms. The van der Waals surface area contributed by atoms with Crippen LogP contribution in [0.4, 0.5) is 0 Å². The molecule has 1 N–H and O–H groups in total. The van der Waals surface area contributed by atoms with Gasteiger partial charge in [0.05, 0.1) is 23.2 Å². The number of carboxylic acid groups (broad SMARTS) is 1. The number of nitrogens with zero attached hydrogens (tertiary/aromatic N) is 3. The first-order chi connectivity index (χ1) is 12.9. The van der Waals surface area contributed by atoms with Gasteiger partial charge in [0.25, 0.3) is 0 Å². The predicted octanol–water partition coefficient (Wildman–Crippen LogP) is 2.67. The van der Waals surface area contributed by atoms with Crippen LogP contribution in [-0.2, 0) is 17.8 Å². The third-order valence-electron chi connectivity index (χ3n) is 5.00. The quantitative estimate of drug-likeness (QED) is 0.791. The van der Waals surface area contributed by atoms with Gasteiger partial charge >= 0.3 is 5.97 Å². The molecule has 1 unspecified atom stereocenters. The molecule has 1 aliphatic heterocycles. The highest BCUT2D eigenvalue weighted by Gasteiger charge is 2.27. The molecule has 1 saturated heterocycles. The van der Waals surface area contributed by atoms with E-state index >= 15 is 0 Å². The van der Waals surface area contributed by atoms with E-state index < -0.39 is 5.97 Å². The van der Waals surface area contributed by atoms with E-state index in [0.29, 0.717) is 5.92 Å². The molecule has 6 nitrogen and oxygen atoms in total. The van der Waals surface area contributed by atoms with Crippen LogP contribution in [0, 0.1) is 12.8 Å². The lowest BCUT2D eigenvalue weighted by atomic mass is 10.1. The summed E-state index contributed by atoms with van der Waals surface area (Å²) in [6.45, 7) is 5.42. The Morgan fingerprint density at radius 2 is 2.22 bits per heavy atom. The van der Waals surface area contributed by atoms with Crippen LogP contribution in [-0.4, -0.2) is 58.4 Å². The minimum atomic E-state index is -0.968. The number of hydrogen-bond acceptors (Lipinski definition) is 5. The van der Waals surface area contributed by atoms with Gasteiger partial charge in [0.2, 0.25) is 5.91 Å². The van der Waals surface area contributed by atoms with Gasteiger partial charge < -0.3 is 14.9 Å². The van der Waals surface area contributed by atoms with Crippen LogP contribution in [0.15, 0.2) is 29.8 Å². The molecule has 0 saturated carbocycles. The Morgan fingerprint density at radius 3 is 2.93 bits per heavy atom. The minimum absolute atomic E-state index is 0.0704. The summed E-state index contributed by atoms with van der Waals surface area (Å²) < 4.78 is 0. The summed E-state index contributed by atoms with van der Waals surface area (Å²) in [5.74, 6) is -0.428. The summed E-state index contributed by atoms with van der Waals surface area (Å²) in [6, 6.07) is 6.63. The first-order valence-electron chi connectivity index (χ1n) is 9.10. The topological polar surface area (TPSA) is 73.7 Å². The molecule has 3 rings (SSSR count). The zero-order valence-corrected chi connectivity index (χ0v) is 16.5. The monoisotopic (exact) mass is 387 g/mol. The number of benzene rings is 1. The summed E-state index contributed by atoms with van der Waals surface area (Å²) in [7, 11) is 2.11. The second kappa shape index (κ2) is 8.63. The number of carbonyl (C=O) groups excluding carboxylic acids is 1. The Bertz CT molecular complexity index is 820. The molecular weight excluding hydrogens is 362 g/mol. The Labute approximate surface area is 163 Å². The Kier molecular flexibility index (Phi) is 6.23. The van der Waals surface area contributed by atoms with E-state index in [4.69, 9.17) is 5.11 Å². The van der Waals surface area contributed by atoms with Gasteiger partial charge in [-0.25, -0.2) is 9.78 Å². The summed E-state index contributed by atoms with van der Waals surface area (Å²) in [4.78, 5) is 33.5. The molecular formula is C20H25N3O3S. The van der Waals surface area contributed by atoms with Crippen LogP contribution < -0.4 is 0 Å². The first-order valence-corrected chi connectivity index (χ1v) is 9.98. The number of rotatable bonds is 7. The van der Waals surface area contributed by atoms with E-state index in [9.17, 15) is 9.59 Å². The Balaban J connectivity index is 1.50. The third kappa shape index (κ3) is 5.14. The van der Waals surface area contributed by atoms with Gasteiger partial charge in [0.1, 0.15) is 0 Å². The van der Waals surface area contributed by atoms with Crippen LogP contribution in [0.1, 0.15) is 32.9 Å². The summed E-state index contributed by atoms with van der Waals surface area (Å²) in [5.41, 5.74) is 3.95. The Hall–Kier alpha value is -2.25. The summed E-state index contributed by atoms with van der Waals surface area (Å²) in [5, 5.41) is 9.08. The lowest BCUT2D eigenvalue weighted by molar-refractivity contribution is -0.129. The van der Waals surface area contributed by atoms with Crippen LogP contribution >= 0.6 is 11.3 Å². The number of thiazole rings is 1. The van der Waals surface area contributed by atoms with E-state index in [0.717, 1.165) is 43.9 Å². The fourth-order valence-electron chi connectivity index (χ4n) is 3.54. The fourth-order valence-corrected chi connectivity index (χ4v) is 4.39. The van der Waals surface area contributed by atoms with Crippen LogP contribution in [0.25, 0.3) is 0 Å². The highest BCUT2D eigenvalue weighted by atomic mass is 32.1. The molecule has 2 aromatic rings. The molecule has 2 heterocycles. The maximum Gasteiger partial charge on any atom is 0.335 e. The summed E-state index contributed by atoms with van der Waals surface area (Å²) >= 11 is 1.69. The molecule has 144 valence electrons. The zero-order chi connectivity index (χ0) is 19.4. The van der Waals surface area contributed by atoms with Crippen molar-refractivity contribution in [2.24, 2.45) is 5.92 Å². The van der Waals surface area contributed by atoms with E-state index in [-0.39, 0.29) is 17.9 Å². The maximum absolute atomic E-state index is 12.6. The van der Waals surface area contributed by atoms with Gasteiger partial charge in [-0.3, -0.25) is 4.79 Å². The van der Waals surface area contributed by atoms with Crippen molar-refractivity contribution >= 4 is 23.2 Å².